The average Bonchev–Trinajstić information content (AvgIpc) is 3.38. The number of rotatable bonds is 9. The molecule has 3 aromatic rings. The summed E-state index contributed by atoms with van der Waals surface area (Å²) in [5.74, 6) is -0.0704. The first-order valence-electron chi connectivity index (χ1n) is 13.1. The SMILES string of the molecule is Cc1ccc(CN(C(=O)Cc2cc(C)ccc2C)C(Cc2ccccc2)C(=O)NC2CCCC2)cc1. The molecule has 1 saturated carbocycles. The van der Waals surface area contributed by atoms with Crippen LogP contribution in [0.15, 0.2) is 72.8 Å². The number of hydrogen-bond acceptors (Lipinski definition) is 2. The normalized spacial score (nSPS) is 14.4. The molecule has 0 saturated heterocycles. The van der Waals surface area contributed by atoms with E-state index in [0.717, 1.165) is 53.5 Å². The molecule has 4 heteroatoms. The van der Waals surface area contributed by atoms with Crippen molar-refractivity contribution in [3.05, 3.63) is 106 Å². The number of carbonyl (C=O) groups is 2. The van der Waals surface area contributed by atoms with E-state index in [2.05, 4.69) is 54.7 Å². The second-order valence-electron chi connectivity index (χ2n) is 10.3. The molecule has 2 amide bonds. The Labute approximate surface area is 215 Å². The number of amides is 2. The van der Waals surface area contributed by atoms with Gasteiger partial charge in [0.25, 0.3) is 0 Å². The Hall–Kier alpha value is -3.40. The van der Waals surface area contributed by atoms with Gasteiger partial charge in [0, 0.05) is 19.0 Å². The molecular formula is C32H38N2O2. The van der Waals surface area contributed by atoms with Gasteiger partial charge in [-0.15, -0.1) is 0 Å². The monoisotopic (exact) mass is 482 g/mol. The quantitative estimate of drug-likeness (QED) is 0.416. The van der Waals surface area contributed by atoms with Gasteiger partial charge in [-0.3, -0.25) is 9.59 Å². The van der Waals surface area contributed by atoms with Crippen LogP contribution in [0.2, 0.25) is 0 Å². The molecule has 188 valence electrons. The van der Waals surface area contributed by atoms with E-state index in [1.165, 1.54) is 5.56 Å². The van der Waals surface area contributed by atoms with Gasteiger partial charge in [0.05, 0.1) is 6.42 Å². The lowest BCUT2D eigenvalue weighted by atomic mass is 9.99. The summed E-state index contributed by atoms with van der Waals surface area (Å²) in [5.41, 5.74) is 6.50. The highest BCUT2D eigenvalue weighted by Gasteiger charge is 2.32. The van der Waals surface area contributed by atoms with Crippen molar-refractivity contribution in [2.24, 2.45) is 0 Å². The molecule has 1 N–H and O–H groups in total. The maximum absolute atomic E-state index is 14.0. The molecule has 1 unspecified atom stereocenters. The minimum Gasteiger partial charge on any atom is -0.352 e. The molecule has 4 nitrogen and oxygen atoms in total. The Bertz CT molecular complexity index is 1160. The van der Waals surface area contributed by atoms with E-state index in [1.807, 2.05) is 49.1 Å². The first-order chi connectivity index (χ1) is 17.4. The third-order valence-electron chi connectivity index (χ3n) is 7.29. The van der Waals surface area contributed by atoms with Crippen molar-refractivity contribution in [3.8, 4) is 0 Å². The van der Waals surface area contributed by atoms with E-state index in [0.29, 0.717) is 13.0 Å². The number of aryl methyl sites for hydroxylation is 3. The Morgan fingerprint density at radius 1 is 0.861 bits per heavy atom. The molecule has 0 radical (unpaired) electrons. The lowest BCUT2D eigenvalue weighted by Crippen LogP contribution is -2.52. The summed E-state index contributed by atoms with van der Waals surface area (Å²) >= 11 is 0. The number of nitrogens with zero attached hydrogens (tertiary/aromatic N) is 1. The standard InChI is InChI=1S/C32H38N2O2/c1-23-14-17-27(18-15-23)22-34(31(35)21-28-19-24(2)13-16-25(28)3)30(20-26-9-5-4-6-10-26)32(36)33-29-11-7-8-12-29/h4-6,9-10,13-19,29-30H,7-8,11-12,20-22H2,1-3H3,(H,33,36). The second-order valence-corrected chi connectivity index (χ2v) is 10.3. The predicted molar refractivity (Wildman–Crippen MR) is 146 cm³/mol. The minimum absolute atomic E-state index is 0.0215. The fraction of sp³-hybridized carbons (Fsp3) is 0.375. The largest absolute Gasteiger partial charge is 0.352 e. The molecule has 1 aliphatic rings. The van der Waals surface area contributed by atoms with E-state index in [9.17, 15) is 9.59 Å². The first-order valence-corrected chi connectivity index (χ1v) is 13.1. The van der Waals surface area contributed by atoms with Crippen molar-refractivity contribution >= 4 is 11.8 Å². The van der Waals surface area contributed by atoms with Crippen LogP contribution in [0, 0.1) is 20.8 Å². The summed E-state index contributed by atoms with van der Waals surface area (Å²) in [6.07, 6.45) is 5.08. The molecule has 1 aliphatic carbocycles. The first kappa shape index (κ1) is 25.7. The second kappa shape index (κ2) is 12.0. The zero-order valence-corrected chi connectivity index (χ0v) is 21.8. The predicted octanol–water partition coefficient (Wildman–Crippen LogP) is 5.85. The third-order valence-corrected chi connectivity index (χ3v) is 7.29. The van der Waals surface area contributed by atoms with Crippen LogP contribution in [-0.2, 0) is 29.0 Å². The lowest BCUT2D eigenvalue weighted by molar-refractivity contribution is -0.141. The van der Waals surface area contributed by atoms with Crippen LogP contribution in [-0.4, -0.2) is 28.8 Å². The Morgan fingerprint density at radius 2 is 1.53 bits per heavy atom. The Balaban J connectivity index is 1.67. The van der Waals surface area contributed by atoms with Gasteiger partial charge in [0.1, 0.15) is 6.04 Å². The van der Waals surface area contributed by atoms with Crippen molar-refractivity contribution < 1.29 is 9.59 Å². The van der Waals surface area contributed by atoms with Crippen LogP contribution in [0.5, 0.6) is 0 Å². The van der Waals surface area contributed by atoms with Crippen molar-refractivity contribution in [1.29, 1.82) is 0 Å². The summed E-state index contributed by atoms with van der Waals surface area (Å²) in [6, 6.07) is 24.1. The molecule has 36 heavy (non-hydrogen) atoms. The third kappa shape index (κ3) is 6.84. The minimum atomic E-state index is -0.577. The molecule has 0 aliphatic heterocycles. The highest BCUT2D eigenvalue weighted by atomic mass is 16.2. The van der Waals surface area contributed by atoms with Crippen LogP contribution >= 0.6 is 0 Å². The zero-order valence-electron chi connectivity index (χ0n) is 21.8. The van der Waals surface area contributed by atoms with Gasteiger partial charge >= 0.3 is 0 Å². The topological polar surface area (TPSA) is 49.4 Å². The van der Waals surface area contributed by atoms with Gasteiger partial charge in [-0.2, -0.15) is 0 Å². The Kier molecular flexibility index (Phi) is 8.58. The highest BCUT2D eigenvalue weighted by Crippen LogP contribution is 2.21. The van der Waals surface area contributed by atoms with E-state index in [1.54, 1.807) is 0 Å². The van der Waals surface area contributed by atoms with Crippen LogP contribution in [0.4, 0.5) is 0 Å². The van der Waals surface area contributed by atoms with E-state index < -0.39 is 6.04 Å². The van der Waals surface area contributed by atoms with Crippen molar-refractivity contribution in [2.75, 3.05) is 0 Å². The number of carbonyl (C=O) groups excluding carboxylic acids is 2. The van der Waals surface area contributed by atoms with E-state index >= 15 is 0 Å². The van der Waals surface area contributed by atoms with Gasteiger partial charge in [-0.25, -0.2) is 0 Å². The van der Waals surface area contributed by atoms with Crippen LogP contribution in [0.25, 0.3) is 0 Å². The summed E-state index contributed by atoms with van der Waals surface area (Å²) in [4.78, 5) is 29.5. The van der Waals surface area contributed by atoms with Gasteiger partial charge in [-0.05, 0) is 55.9 Å². The molecular weight excluding hydrogens is 444 g/mol. The molecule has 0 spiro atoms. The average molecular weight is 483 g/mol. The van der Waals surface area contributed by atoms with Crippen molar-refractivity contribution in [2.45, 2.75) is 77.9 Å². The van der Waals surface area contributed by atoms with Crippen molar-refractivity contribution in [1.82, 2.24) is 10.2 Å². The summed E-state index contributed by atoms with van der Waals surface area (Å²) in [7, 11) is 0. The van der Waals surface area contributed by atoms with Crippen LogP contribution in [0.3, 0.4) is 0 Å². The number of hydrogen-bond donors (Lipinski definition) is 1. The maximum Gasteiger partial charge on any atom is 0.243 e. The molecule has 0 aromatic heterocycles. The summed E-state index contributed by atoms with van der Waals surface area (Å²) < 4.78 is 0. The zero-order chi connectivity index (χ0) is 25.5. The van der Waals surface area contributed by atoms with Gasteiger partial charge in [0.2, 0.25) is 11.8 Å². The summed E-state index contributed by atoms with van der Waals surface area (Å²) in [6.45, 7) is 6.55. The molecule has 1 fully saturated rings. The molecule has 3 aromatic carbocycles. The van der Waals surface area contributed by atoms with E-state index in [-0.39, 0.29) is 24.3 Å². The Morgan fingerprint density at radius 3 is 2.22 bits per heavy atom. The van der Waals surface area contributed by atoms with Crippen molar-refractivity contribution in [3.63, 3.8) is 0 Å². The highest BCUT2D eigenvalue weighted by molar-refractivity contribution is 5.89. The smallest absolute Gasteiger partial charge is 0.243 e. The van der Waals surface area contributed by atoms with Gasteiger partial charge in [0.15, 0.2) is 0 Å². The fourth-order valence-corrected chi connectivity index (χ4v) is 5.07. The van der Waals surface area contributed by atoms with Crippen LogP contribution in [0.1, 0.15) is 59.1 Å². The molecule has 1 atom stereocenters. The summed E-state index contributed by atoms with van der Waals surface area (Å²) in [5, 5.41) is 3.28. The fourth-order valence-electron chi connectivity index (χ4n) is 5.07. The maximum atomic E-state index is 14.0. The molecule has 0 bridgehead atoms. The van der Waals surface area contributed by atoms with Crippen LogP contribution < -0.4 is 5.32 Å². The van der Waals surface area contributed by atoms with E-state index in [4.69, 9.17) is 0 Å². The number of nitrogens with one attached hydrogen (secondary N) is 1. The van der Waals surface area contributed by atoms with Gasteiger partial charge in [-0.1, -0.05) is 96.8 Å². The molecule has 0 heterocycles. The van der Waals surface area contributed by atoms with Gasteiger partial charge < -0.3 is 10.2 Å². The lowest BCUT2D eigenvalue weighted by Gasteiger charge is -2.32. The molecule has 4 rings (SSSR count). The number of benzene rings is 3.